The van der Waals surface area contributed by atoms with Gasteiger partial charge in [0.05, 0.1) is 5.75 Å². The highest BCUT2D eigenvalue weighted by Gasteiger charge is 2.26. The van der Waals surface area contributed by atoms with Gasteiger partial charge >= 0.3 is 5.97 Å². The minimum atomic E-state index is -1.13. The lowest BCUT2D eigenvalue weighted by Crippen LogP contribution is -2.44. The molecule has 1 unspecified atom stereocenters. The number of amides is 1. The highest BCUT2D eigenvalue weighted by Crippen LogP contribution is 2.15. The highest BCUT2D eigenvalue weighted by atomic mass is 32.2. The van der Waals surface area contributed by atoms with Crippen molar-refractivity contribution in [2.75, 3.05) is 24.6 Å². The lowest BCUT2D eigenvalue weighted by atomic mass is 9.97. The molecule has 1 aliphatic rings. The van der Waals surface area contributed by atoms with Gasteiger partial charge in [-0.1, -0.05) is 6.42 Å². The predicted octanol–water partition coefficient (Wildman–Crippen LogP) is 1.31. The van der Waals surface area contributed by atoms with Crippen LogP contribution in [0.3, 0.4) is 0 Å². The van der Waals surface area contributed by atoms with Crippen molar-refractivity contribution in [2.45, 2.75) is 44.6 Å². The van der Waals surface area contributed by atoms with Crippen molar-refractivity contribution in [3.05, 3.63) is 0 Å². The Labute approximate surface area is 118 Å². The summed E-state index contributed by atoms with van der Waals surface area (Å²) in [6.45, 7) is 3.35. The number of likely N-dealkylation sites (tertiary alicyclic amines) is 1. The molecule has 110 valence electrons. The van der Waals surface area contributed by atoms with Gasteiger partial charge in [-0.25, -0.2) is 0 Å². The average Bonchev–Trinajstić information content (AvgIpc) is 2.86. The van der Waals surface area contributed by atoms with Gasteiger partial charge in [0.15, 0.2) is 0 Å². The summed E-state index contributed by atoms with van der Waals surface area (Å²) >= 11 is 1.63. The van der Waals surface area contributed by atoms with Gasteiger partial charge in [-0.15, -0.1) is 0 Å². The third-order valence-corrected chi connectivity index (χ3v) is 4.44. The van der Waals surface area contributed by atoms with E-state index in [4.69, 9.17) is 10.8 Å². The van der Waals surface area contributed by atoms with Gasteiger partial charge in [0, 0.05) is 13.1 Å². The van der Waals surface area contributed by atoms with Gasteiger partial charge in [-0.2, -0.15) is 11.8 Å². The molecule has 6 heteroatoms. The molecular formula is C13H24N2O3S. The Kier molecular flexibility index (Phi) is 6.65. The fourth-order valence-electron chi connectivity index (χ4n) is 2.02. The minimum absolute atomic E-state index is 0.233. The first kappa shape index (κ1) is 16.3. The molecule has 0 bridgehead atoms. The van der Waals surface area contributed by atoms with E-state index in [0.717, 1.165) is 44.5 Å². The molecule has 1 amide bonds. The van der Waals surface area contributed by atoms with Crippen molar-refractivity contribution < 1.29 is 14.7 Å². The molecule has 0 saturated carbocycles. The summed E-state index contributed by atoms with van der Waals surface area (Å²) in [4.78, 5) is 24.5. The molecule has 1 atom stereocenters. The third kappa shape index (κ3) is 5.82. The Bertz CT molecular complexity index is 315. The fraction of sp³-hybridized carbons (Fsp3) is 0.846. The van der Waals surface area contributed by atoms with Crippen molar-refractivity contribution in [1.29, 1.82) is 0 Å². The Morgan fingerprint density at radius 3 is 2.53 bits per heavy atom. The molecule has 0 aromatic rings. The van der Waals surface area contributed by atoms with E-state index >= 15 is 0 Å². The summed E-state index contributed by atoms with van der Waals surface area (Å²) in [5.41, 5.74) is 4.51. The van der Waals surface area contributed by atoms with Crippen molar-refractivity contribution >= 4 is 23.6 Å². The molecule has 1 aliphatic heterocycles. The second-order valence-electron chi connectivity index (χ2n) is 5.32. The molecule has 1 fully saturated rings. The number of unbranched alkanes of at least 4 members (excludes halogenated alkanes) is 1. The summed E-state index contributed by atoms with van der Waals surface area (Å²) in [5.74, 6) is 0.703. The van der Waals surface area contributed by atoms with Gasteiger partial charge in [0.25, 0.3) is 0 Å². The number of nitrogens with two attached hydrogens (primary N) is 1. The molecular weight excluding hydrogens is 264 g/mol. The molecule has 0 aromatic heterocycles. The summed E-state index contributed by atoms with van der Waals surface area (Å²) in [5, 5.41) is 8.86. The molecule has 0 aliphatic carbocycles. The second kappa shape index (κ2) is 7.75. The number of carboxylic acids is 1. The summed E-state index contributed by atoms with van der Waals surface area (Å²) in [7, 11) is 0. The molecule has 0 radical (unpaired) electrons. The first-order valence-corrected chi connectivity index (χ1v) is 7.97. The molecule has 0 aromatic carbocycles. The number of nitrogens with zero attached hydrogens (tertiary/aromatic N) is 1. The van der Waals surface area contributed by atoms with E-state index in [2.05, 4.69) is 0 Å². The number of carbonyl (C=O) groups excluding carboxylic acids is 1. The molecule has 5 nitrogen and oxygen atoms in total. The first-order chi connectivity index (χ1) is 8.93. The molecule has 3 N–H and O–H groups in total. The smallest absolute Gasteiger partial charge is 0.323 e. The molecule has 1 heterocycles. The quantitative estimate of drug-likeness (QED) is 0.658. The standard InChI is InChI=1S/C13H24N2O3S/c1-13(14,12(17)18)6-2-5-9-19-10-11(16)15-7-3-4-8-15/h2-10,14H2,1H3,(H,17,18). The zero-order valence-electron chi connectivity index (χ0n) is 11.6. The van der Waals surface area contributed by atoms with Crippen LogP contribution in [0.15, 0.2) is 0 Å². The van der Waals surface area contributed by atoms with E-state index in [9.17, 15) is 9.59 Å². The Balaban J connectivity index is 2.02. The van der Waals surface area contributed by atoms with Crippen LogP contribution in [0.5, 0.6) is 0 Å². The van der Waals surface area contributed by atoms with Gasteiger partial charge in [0.1, 0.15) is 5.54 Å². The SMILES string of the molecule is CC(N)(CCCCSCC(=O)N1CCCC1)C(=O)O. The minimum Gasteiger partial charge on any atom is -0.480 e. The summed E-state index contributed by atoms with van der Waals surface area (Å²) < 4.78 is 0. The number of carboxylic acid groups (broad SMARTS) is 1. The van der Waals surface area contributed by atoms with Crippen LogP contribution in [0.1, 0.15) is 39.0 Å². The maximum absolute atomic E-state index is 11.7. The van der Waals surface area contributed by atoms with Crippen LogP contribution < -0.4 is 5.73 Å². The lowest BCUT2D eigenvalue weighted by Gasteiger charge is -2.18. The third-order valence-electron chi connectivity index (χ3n) is 3.41. The van der Waals surface area contributed by atoms with E-state index in [1.807, 2.05) is 4.90 Å². The average molecular weight is 288 g/mol. The molecule has 1 saturated heterocycles. The summed E-state index contributed by atoms with van der Waals surface area (Å²) in [6, 6.07) is 0. The van der Waals surface area contributed by atoms with Gasteiger partial charge in [-0.05, 0) is 38.4 Å². The number of carbonyl (C=O) groups is 2. The normalized spacial score (nSPS) is 18.3. The largest absolute Gasteiger partial charge is 0.480 e. The maximum atomic E-state index is 11.7. The van der Waals surface area contributed by atoms with Crippen molar-refractivity contribution in [2.24, 2.45) is 5.73 Å². The second-order valence-corrected chi connectivity index (χ2v) is 6.43. The van der Waals surface area contributed by atoms with Crippen molar-refractivity contribution in [1.82, 2.24) is 4.90 Å². The van der Waals surface area contributed by atoms with Crippen molar-refractivity contribution in [3.8, 4) is 0 Å². The van der Waals surface area contributed by atoms with E-state index in [1.54, 1.807) is 18.7 Å². The Morgan fingerprint density at radius 1 is 1.32 bits per heavy atom. The van der Waals surface area contributed by atoms with Crippen LogP contribution in [-0.4, -0.2) is 52.0 Å². The van der Waals surface area contributed by atoms with Crippen LogP contribution in [0.4, 0.5) is 0 Å². The number of hydrogen-bond acceptors (Lipinski definition) is 4. The van der Waals surface area contributed by atoms with E-state index in [1.165, 1.54) is 0 Å². The van der Waals surface area contributed by atoms with Crippen LogP contribution >= 0.6 is 11.8 Å². The van der Waals surface area contributed by atoms with Gasteiger partial charge < -0.3 is 15.7 Å². The lowest BCUT2D eigenvalue weighted by molar-refractivity contribution is -0.143. The van der Waals surface area contributed by atoms with Crippen LogP contribution in [-0.2, 0) is 9.59 Å². The van der Waals surface area contributed by atoms with Crippen LogP contribution in [0.2, 0.25) is 0 Å². The summed E-state index contributed by atoms with van der Waals surface area (Å²) in [6.07, 6.45) is 4.41. The Morgan fingerprint density at radius 2 is 1.95 bits per heavy atom. The molecule has 19 heavy (non-hydrogen) atoms. The zero-order valence-corrected chi connectivity index (χ0v) is 12.4. The van der Waals surface area contributed by atoms with Crippen LogP contribution in [0, 0.1) is 0 Å². The fourth-order valence-corrected chi connectivity index (χ4v) is 2.93. The topological polar surface area (TPSA) is 83.6 Å². The molecule has 0 spiro atoms. The monoisotopic (exact) mass is 288 g/mol. The van der Waals surface area contributed by atoms with Crippen LogP contribution in [0.25, 0.3) is 0 Å². The first-order valence-electron chi connectivity index (χ1n) is 6.81. The number of hydrogen-bond donors (Lipinski definition) is 2. The zero-order chi connectivity index (χ0) is 14.3. The Hall–Kier alpha value is -0.750. The number of thioether (sulfide) groups is 1. The van der Waals surface area contributed by atoms with E-state index in [0.29, 0.717) is 12.2 Å². The molecule has 1 rings (SSSR count). The van der Waals surface area contributed by atoms with Gasteiger partial charge in [0.2, 0.25) is 5.91 Å². The number of rotatable bonds is 8. The van der Waals surface area contributed by atoms with E-state index in [-0.39, 0.29) is 5.91 Å². The highest BCUT2D eigenvalue weighted by molar-refractivity contribution is 7.99. The van der Waals surface area contributed by atoms with Gasteiger partial charge in [-0.3, -0.25) is 9.59 Å². The van der Waals surface area contributed by atoms with Crippen molar-refractivity contribution in [3.63, 3.8) is 0 Å². The maximum Gasteiger partial charge on any atom is 0.323 e. The van der Waals surface area contributed by atoms with E-state index < -0.39 is 11.5 Å². The number of aliphatic carboxylic acids is 1. The predicted molar refractivity (Wildman–Crippen MR) is 77.2 cm³/mol.